The molecule has 27 heavy (non-hydrogen) atoms. The molecule has 1 atom stereocenters. The first kappa shape index (κ1) is 19.3. The number of sulfonamides is 1. The molecule has 1 saturated heterocycles. The van der Waals surface area contributed by atoms with Crippen LogP contribution in [-0.4, -0.2) is 56.1 Å². The first-order valence-electron chi connectivity index (χ1n) is 9.07. The van der Waals surface area contributed by atoms with Crippen LogP contribution in [0.4, 0.5) is 0 Å². The van der Waals surface area contributed by atoms with Crippen molar-refractivity contribution in [3.8, 4) is 0 Å². The Balaban J connectivity index is 1.79. The molecule has 0 radical (unpaired) electrons. The molecule has 0 spiro atoms. The van der Waals surface area contributed by atoms with Crippen molar-refractivity contribution in [1.29, 1.82) is 0 Å². The SMILES string of the molecule is CC(C)NC(=O)CNC(=O)[C@H]1CCCCN1C1=NS(=O)(=O)c2ccccc21. The van der Waals surface area contributed by atoms with Crippen molar-refractivity contribution in [2.75, 3.05) is 13.1 Å². The number of likely N-dealkylation sites (tertiary alicyclic amines) is 1. The molecule has 2 amide bonds. The zero-order chi connectivity index (χ0) is 19.6. The van der Waals surface area contributed by atoms with Gasteiger partial charge in [-0.3, -0.25) is 9.59 Å². The van der Waals surface area contributed by atoms with Crippen molar-refractivity contribution in [2.45, 2.75) is 50.1 Å². The minimum absolute atomic E-state index is 0.00451. The van der Waals surface area contributed by atoms with E-state index in [-0.39, 0.29) is 29.3 Å². The highest BCUT2D eigenvalue weighted by atomic mass is 32.2. The second-order valence-electron chi connectivity index (χ2n) is 7.03. The number of piperidine rings is 1. The number of benzene rings is 1. The average molecular weight is 392 g/mol. The Labute approximate surface area is 159 Å². The molecule has 1 aromatic carbocycles. The molecule has 0 bridgehead atoms. The summed E-state index contributed by atoms with van der Waals surface area (Å²) in [5, 5.41) is 5.38. The lowest BCUT2D eigenvalue weighted by Crippen LogP contribution is -2.53. The van der Waals surface area contributed by atoms with E-state index in [0.29, 0.717) is 24.4 Å². The highest BCUT2D eigenvalue weighted by molar-refractivity contribution is 7.90. The summed E-state index contributed by atoms with van der Waals surface area (Å²) in [7, 11) is -3.74. The maximum absolute atomic E-state index is 12.7. The van der Waals surface area contributed by atoms with Crippen LogP contribution in [0, 0.1) is 0 Å². The summed E-state index contributed by atoms with van der Waals surface area (Å²) in [6.45, 7) is 4.12. The van der Waals surface area contributed by atoms with Crippen LogP contribution in [0.15, 0.2) is 33.6 Å². The van der Waals surface area contributed by atoms with Gasteiger partial charge in [0.2, 0.25) is 11.8 Å². The molecule has 1 fully saturated rings. The summed E-state index contributed by atoms with van der Waals surface area (Å²) in [4.78, 5) is 26.4. The fourth-order valence-corrected chi connectivity index (χ4v) is 4.63. The topological polar surface area (TPSA) is 108 Å². The molecule has 0 unspecified atom stereocenters. The molecule has 1 aromatic rings. The first-order valence-corrected chi connectivity index (χ1v) is 10.5. The number of hydrogen-bond acceptors (Lipinski definition) is 5. The van der Waals surface area contributed by atoms with E-state index in [9.17, 15) is 18.0 Å². The van der Waals surface area contributed by atoms with E-state index in [4.69, 9.17) is 0 Å². The van der Waals surface area contributed by atoms with Gasteiger partial charge in [-0.15, -0.1) is 4.40 Å². The lowest BCUT2D eigenvalue weighted by molar-refractivity contribution is -0.129. The summed E-state index contributed by atoms with van der Waals surface area (Å²) < 4.78 is 28.6. The molecule has 0 aromatic heterocycles. The summed E-state index contributed by atoms with van der Waals surface area (Å²) in [6, 6.07) is 6.09. The molecule has 2 heterocycles. The molecule has 8 nitrogen and oxygen atoms in total. The van der Waals surface area contributed by atoms with Gasteiger partial charge in [-0.2, -0.15) is 8.42 Å². The zero-order valence-electron chi connectivity index (χ0n) is 15.4. The van der Waals surface area contributed by atoms with E-state index >= 15 is 0 Å². The van der Waals surface area contributed by atoms with Crippen molar-refractivity contribution in [2.24, 2.45) is 4.40 Å². The van der Waals surface area contributed by atoms with Crippen molar-refractivity contribution >= 4 is 27.7 Å². The molecule has 146 valence electrons. The second-order valence-corrected chi connectivity index (χ2v) is 8.60. The number of nitrogens with zero attached hydrogens (tertiary/aromatic N) is 2. The fourth-order valence-electron chi connectivity index (χ4n) is 3.41. The lowest BCUT2D eigenvalue weighted by atomic mass is 9.99. The third kappa shape index (κ3) is 4.13. The van der Waals surface area contributed by atoms with Gasteiger partial charge in [0.25, 0.3) is 10.0 Å². The van der Waals surface area contributed by atoms with Gasteiger partial charge in [0, 0.05) is 18.2 Å². The van der Waals surface area contributed by atoms with Crippen molar-refractivity contribution < 1.29 is 18.0 Å². The number of fused-ring (bicyclic) bond motifs is 1. The lowest BCUT2D eigenvalue weighted by Gasteiger charge is -2.36. The molecule has 9 heteroatoms. The van der Waals surface area contributed by atoms with Crippen LogP contribution >= 0.6 is 0 Å². The van der Waals surface area contributed by atoms with Crippen molar-refractivity contribution in [3.63, 3.8) is 0 Å². The molecule has 2 aliphatic heterocycles. The normalized spacial score (nSPS) is 20.8. The maximum Gasteiger partial charge on any atom is 0.285 e. The van der Waals surface area contributed by atoms with E-state index in [2.05, 4.69) is 15.0 Å². The molecule has 0 saturated carbocycles. The summed E-state index contributed by atoms with van der Waals surface area (Å²) in [5.41, 5.74) is 0.523. The fraction of sp³-hybridized carbons (Fsp3) is 0.500. The van der Waals surface area contributed by atoms with Gasteiger partial charge in [0.1, 0.15) is 10.9 Å². The number of amidine groups is 1. The molecule has 0 aliphatic carbocycles. The number of rotatable bonds is 4. The molecule has 2 aliphatic rings. The number of hydrogen-bond donors (Lipinski definition) is 2. The number of carbonyl (C=O) groups excluding carboxylic acids is 2. The van der Waals surface area contributed by atoms with Crippen molar-refractivity contribution in [1.82, 2.24) is 15.5 Å². The Morgan fingerprint density at radius 1 is 1.26 bits per heavy atom. The Kier molecular flexibility index (Phi) is 5.50. The first-order chi connectivity index (χ1) is 12.8. The van der Waals surface area contributed by atoms with Gasteiger partial charge < -0.3 is 15.5 Å². The minimum Gasteiger partial charge on any atom is -0.352 e. The third-order valence-corrected chi connectivity index (χ3v) is 5.89. The Morgan fingerprint density at radius 2 is 2.00 bits per heavy atom. The minimum atomic E-state index is -3.74. The Bertz CT molecular complexity index is 879. The third-order valence-electron chi connectivity index (χ3n) is 4.56. The Morgan fingerprint density at radius 3 is 2.74 bits per heavy atom. The summed E-state index contributed by atoms with van der Waals surface area (Å²) in [5.74, 6) is -0.234. The van der Waals surface area contributed by atoms with E-state index in [1.54, 1.807) is 23.1 Å². The van der Waals surface area contributed by atoms with Crippen molar-refractivity contribution in [3.05, 3.63) is 29.8 Å². The van der Waals surface area contributed by atoms with Crippen LogP contribution in [0.1, 0.15) is 38.7 Å². The van der Waals surface area contributed by atoms with Gasteiger partial charge in [-0.05, 0) is 45.2 Å². The highest BCUT2D eigenvalue weighted by Gasteiger charge is 2.37. The summed E-state index contributed by atoms with van der Waals surface area (Å²) in [6.07, 6.45) is 2.28. The van der Waals surface area contributed by atoms with Crippen LogP contribution in [0.2, 0.25) is 0 Å². The van der Waals surface area contributed by atoms with E-state index in [0.717, 1.165) is 12.8 Å². The van der Waals surface area contributed by atoms with Gasteiger partial charge in [0.05, 0.1) is 6.54 Å². The standard InChI is InChI=1S/C18H24N4O4S/c1-12(2)20-16(23)11-19-18(24)14-8-5-6-10-22(14)17-13-7-3-4-9-15(13)27(25,26)21-17/h3-4,7,9,12,14H,5-6,8,10-11H2,1-2H3,(H,19,24)(H,20,23)/t14-/m1/s1. The quantitative estimate of drug-likeness (QED) is 0.781. The molecule has 3 rings (SSSR count). The molecular weight excluding hydrogens is 368 g/mol. The number of carbonyl (C=O) groups is 2. The van der Waals surface area contributed by atoms with Gasteiger partial charge >= 0.3 is 0 Å². The smallest absolute Gasteiger partial charge is 0.285 e. The van der Waals surface area contributed by atoms with Crippen LogP contribution in [0.25, 0.3) is 0 Å². The predicted octanol–water partition coefficient (Wildman–Crippen LogP) is 0.631. The Hall–Kier alpha value is -2.42. The van der Waals surface area contributed by atoms with Crippen LogP contribution < -0.4 is 10.6 Å². The molecule has 2 N–H and O–H groups in total. The number of amides is 2. The van der Waals surface area contributed by atoms with Crippen LogP contribution in [-0.2, 0) is 19.6 Å². The second kappa shape index (κ2) is 7.67. The van der Waals surface area contributed by atoms with E-state index < -0.39 is 16.1 Å². The largest absolute Gasteiger partial charge is 0.352 e. The predicted molar refractivity (Wildman–Crippen MR) is 101 cm³/mol. The van der Waals surface area contributed by atoms with Gasteiger partial charge in [-0.1, -0.05) is 12.1 Å². The number of nitrogens with one attached hydrogen (secondary N) is 2. The average Bonchev–Trinajstić information content (AvgIpc) is 2.91. The van der Waals surface area contributed by atoms with Gasteiger partial charge in [-0.25, -0.2) is 0 Å². The molecular formula is C18H24N4O4S. The van der Waals surface area contributed by atoms with Crippen LogP contribution in [0.5, 0.6) is 0 Å². The summed E-state index contributed by atoms with van der Waals surface area (Å²) >= 11 is 0. The monoisotopic (exact) mass is 392 g/mol. The van der Waals surface area contributed by atoms with Crippen LogP contribution in [0.3, 0.4) is 0 Å². The van der Waals surface area contributed by atoms with E-state index in [1.807, 2.05) is 13.8 Å². The van der Waals surface area contributed by atoms with E-state index in [1.165, 1.54) is 6.07 Å². The maximum atomic E-state index is 12.7. The zero-order valence-corrected chi connectivity index (χ0v) is 16.3. The van der Waals surface area contributed by atoms with Gasteiger partial charge in [0.15, 0.2) is 5.84 Å². The highest BCUT2D eigenvalue weighted by Crippen LogP contribution is 2.30.